The fraction of sp³-hybridized carbons (Fsp3) is 0.282. The van der Waals surface area contributed by atoms with E-state index in [1.54, 1.807) is 11.1 Å². The second-order valence-electron chi connectivity index (χ2n) is 11.3. The summed E-state index contributed by atoms with van der Waals surface area (Å²) in [5.41, 5.74) is 19.6. The van der Waals surface area contributed by atoms with Crippen molar-refractivity contribution in [2.75, 3.05) is 0 Å². The second kappa shape index (κ2) is 13.5. The van der Waals surface area contributed by atoms with E-state index in [2.05, 4.69) is 126 Å². The summed E-state index contributed by atoms with van der Waals surface area (Å²) < 4.78 is 0. The molecule has 0 heterocycles. The van der Waals surface area contributed by atoms with Crippen molar-refractivity contribution in [1.29, 1.82) is 0 Å². The Bertz CT molecular complexity index is 1440. The number of nitrogens with two attached hydrogens (primary N) is 1. The van der Waals surface area contributed by atoms with Crippen molar-refractivity contribution in [2.24, 2.45) is 11.1 Å². The standard InChI is InChI=1S/C39H45N/c1-6-16-36-35(29(3)39(4,5)37(36)7-2)24-15-19-30-17-14-18-31(27-30)25-26-34(32-20-10-8-11-21-32)28-38(40)33-22-12-9-13-23-33/h8-15,17-18,20-24,26-28H,6-7,16,19,25,40H2,1-5H3/b24-15-,34-26+,38-28-. The highest BCUT2D eigenvalue weighted by atomic mass is 14.6. The molecule has 1 heteroatoms. The Morgan fingerprint density at radius 3 is 2.05 bits per heavy atom. The molecule has 1 nitrogen and oxygen atoms in total. The summed E-state index contributed by atoms with van der Waals surface area (Å²) in [5.74, 6) is 0. The summed E-state index contributed by atoms with van der Waals surface area (Å²) in [4.78, 5) is 0. The van der Waals surface area contributed by atoms with E-state index in [1.807, 2.05) is 18.2 Å². The third kappa shape index (κ3) is 6.83. The van der Waals surface area contributed by atoms with Crippen molar-refractivity contribution < 1.29 is 0 Å². The van der Waals surface area contributed by atoms with Gasteiger partial charge in [-0.2, -0.15) is 0 Å². The first-order valence-corrected chi connectivity index (χ1v) is 14.8. The quantitative estimate of drug-likeness (QED) is 0.247. The highest BCUT2D eigenvalue weighted by Crippen LogP contribution is 2.49. The smallest absolute Gasteiger partial charge is 0.0393 e. The van der Waals surface area contributed by atoms with Crippen molar-refractivity contribution in [3.8, 4) is 0 Å². The lowest BCUT2D eigenvalue weighted by atomic mass is 9.79. The molecule has 0 radical (unpaired) electrons. The maximum Gasteiger partial charge on any atom is 0.0393 e. The molecule has 4 rings (SSSR count). The molecule has 1 aliphatic carbocycles. The average Bonchev–Trinajstić information content (AvgIpc) is 3.15. The molecular weight excluding hydrogens is 482 g/mol. The molecule has 0 aromatic heterocycles. The lowest BCUT2D eigenvalue weighted by molar-refractivity contribution is 0.529. The predicted octanol–water partition coefficient (Wildman–Crippen LogP) is 10.3. The van der Waals surface area contributed by atoms with Crippen LogP contribution in [-0.4, -0.2) is 0 Å². The highest BCUT2D eigenvalue weighted by Gasteiger charge is 2.34. The molecule has 0 spiro atoms. The zero-order valence-corrected chi connectivity index (χ0v) is 25.0. The molecule has 0 bridgehead atoms. The summed E-state index contributed by atoms with van der Waals surface area (Å²) in [7, 11) is 0. The number of allylic oxidation sites excluding steroid dienone is 9. The summed E-state index contributed by atoms with van der Waals surface area (Å²) in [6.45, 7) is 11.7. The lowest BCUT2D eigenvalue weighted by Gasteiger charge is -2.25. The van der Waals surface area contributed by atoms with Gasteiger partial charge in [-0.15, -0.1) is 0 Å². The highest BCUT2D eigenvalue weighted by molar-refractivity contribution is 5.83. The minimum absolute atomic E-state index is 0.167. The van der Waals surface area contributed by atoms with Gasteiger partial charge in [-0.05, 0) is 77.7 Å². The second-order valence-corrected chi connectivity index (χ2v) is 11.3. The van der Waals surface area contributed by atoms with Crippen molar-refractivity contribution in [1.82, 2.24) is 0 Å². The summed E-state index contributed by atoms with van der Waals surface area (Å²) in [6.07, 6.45) is 14.4. The third-order valence-electron chi connectivity index (χ3n) is 8.35. The van der Waals surface area contributed by atoms with Gasteiger partial charge in [0.1, 0.15) is 0 Å². The van der Waals surface area contributed by atoms with Gasteiger partial charge in [-0.1, -0.05) is 148 Å². The van der Waals surface area contributed by atoms with E-state index < -0.39 is 0 Å². The van der Waals surface area contributed by atoms with Gasteiger partial charge in [0.25, 0.3) is 0 Å². The van der Waals surface area contributed by atoms with Crippen molar-refractivity contribution in [3.05, 3.63) is 154 Å². The van der Waals surface area contributed by atoms with Crippen LogP contribution in [0.4, 0.5) is 0 Å². The monoisotopic (exact) mass is 527 g/mol. The molecule has 0 saturated carbocycles. The van der Waals surface area contributed by atoms with Gasteiger partial charge in [0.15, 0.2) is 0 Å². The van der Waals surface area contributed by atoms with E-state index in [1.165, 1.54) is 40.7 Å². The van der Waals surface area contributed by atoms with E-state index in [9.17, 15) is 0 Å². The first-order valence-electron chi connectivity index (χ1n) is 14.8. The molecule has 0 fully saturated rings. The number of benzene rings is 3. The van der Waals surface area contributed by atoms with E-state index in [0.29, 0.717) is 0 Å². The molecule has 0 unspecified atom stereocenters. The van der Waals surface area contributed by atoms with Crippen LogP contribution in [0.25, 0.3) is 11.3 Å². The Balaban J connectivity index is 1.54. The van der Waals surface area contributed by atoms with Crippen LogP contribution in [0.3, 0.4) is 0 Å². The molecule has 0 aliphatic heterocycles. The molecule has 1 aliphatic rings. The largest absolute Gasteiger partial charge is 0.398 e. The molecule has 40 heavy (non-hydrogen) atoms. The zero-order valence-electron chi connectivity index (χ0n) is 25.0. The van der Waals surface area contributed by atoms with Crippen molar-refractivity contribution in [3.63, 3.8) is 0 Å². The normalized spacial score (nSPS) is 15.9. The Hall–Kier alpha value is -3.84. The Morgan fingerprint density at radius 1 is 0.800 bits per heavy atom. The summed E-state index contributed by atoms with van der Waals surface area (Å²) in [5, 5.41) is 0. The van der Waals surface area contributed by atoms with E-state index >= 15 is 0 Å². The molecule has 206 valence electrons. The Morgan fingerprint density at radius 2 is 1.43 bits per heavy atom. The van der Waals surface area contributed by atoms with Crippen LogP contribution in [-0.2, 0) is 12.8 Å². The van der Waals surface area contributed by atoms with Crippen LogP contribution < -0.4 is 5.73 Å². The summed E-state index contributed by atoms with van der Waals surface area (Å²) >= 11 is 0. The number of hydrogen-bond donors (Lipinski definition) is 1. The molecule has 2 N–H and O–H groups in total. The fourth-order valence-corrected chi connectivity index (χ4v) is 5.94. The molecular formula is C39H45N. The van der Waals surface area contributed by atoms with Gasteiger partial charge in [0, 0.05) is 11.1 Å². The first-order chi connectivity index (χ1) is 19.3. The average molecular weight is 528 g/mol. The predicted molar refractivity (Wildman–Crippen MR) is 175 cm³/mol. The van der Waals surface area contributed by atoms with Gasteiger partial charge in [0.2, 0.25) is 0 Å². The van der Waals surface area contributed by atoms with Crippen molar-refractivity contribution >= 4 is 11.3 Å². The minimum atomic E-state index is 0.167. The minimum Gasteiger partial charge on any atom is -0.398 e. The topological polar surface area (TPSA) is 26.0 Å². The van der Waals surface area contributed by atoms with E-state index in [-0.39, 0.29) is 5.41 Å². The Labute approximate surface area is 242 Å². The zero-order chi connectivity index (χ0) is 28.5. The van der Waals surface area contributed by atoms with Crippen LogP contribution in [0.5, 0.6) is 0 Å². The van der Waals surface area contributed by atoms with Crippen LogP contribution >= 0.6 is 0 Å². The van der Waals surface area contributed by atoms with Crippen LogP contribution in [0.1, 0.15) is 76.1 Å². The maximum atomic E-state index is 6.51. The number of hydrogen-bond acceptors (Lipinski definition) is 1. The molecule has 3 aromatic carbocycles. The van der Waals surface area contributed by atoms with Crippen LogP contribution in [0, 0.1) is 5.41 Å². The lowest BCUT2D eigenvalue weighted by Crippen LogP contribution is -2.13. The van der Waals surface area contributed by atoms with Gasteiger partial charge in [-0.3, -0.25) is 0 Å². The molecule has 0 saturated heterocycles. The number of rotatable bonds is 11. The van der Waals surface area contributed by atoms with E-state index in [4.69, 9.17) is 5.73 Å². The van der Waals surface area contributed by atoms with Crippen LogP contribution in [0.15, 0.2) is 132 Å². The van der Waals surface area contributed by atoms with Gasteiger partial charge < -0.3 is 5.73 Å². The maximum absolute atomic E-state index is 6.51. The molecule has 0 amide bonds. The molecule has 0 atom stereocenters. The van der Waals surface area contributed by atoms with E-state index in [0.717, 1.165) is 36.1 Å². The SMILES string of the molecule is CCCC1=C(CC)C(C)(C)C(C)=C1/C=C\Cc1cccc(C/C=C(\C=C(/N)c2ccccc2)c2ccccc2)c1. The van der Waals surface area contributed by atoms with Gasteiger partial charge in [-0.25, -0.2) is 0 Å². The third-order valence-corrected chi connectivity index (χ3v) is 8.35. The summed E-state index contributed by atoms with van der Waals surface area (Å²) in [6, 6.07) is 29.7. The van der Waals surface area contributed by atoms with Crippen molar-refractivity contribution in [2.45, 2.75) is 66.7 Å². The fourth-order valence-electron chi connectivity index (χ4n) is 5.94. The Kier molecular flexibility index (Phi) is 9.83. The van der Waals surface area contributed by atoms with Gasteiger partial charge in [0.05, 0.1) is 0 Å². The van der Waals surface area contributed by atoms with Gasteiger partial charge >= 0.3 is 0 Å². The first kappa shape index (κ1) is 29.2. The van der Waals surface area contributed by atoms with Crippen LogP contribution in [0.2, 0.25) is 0 Å². The molecule has 3 aromatic rings.